The zero-order valence-corrected chi connectivity index (χ0v) is 33.7. The molecule has 3 heterocycles. The number of aryl methyl sites for hydroxylation is 2. The third kappa shape index (κ3) is 9.69. The van der Waals surface area contributed by atoms with E-state index in [0.29, 0.717) is 35.3 Å². The third-order valence-corrected chi connectivity index (χ3v) is 10.7. The molecule has 1 aliphatic heterocycles. The molecule has 1 aliphatic rings. The number of carbonyl (C=O) groups is 1. The van der Waals surface area contributed by atoms with Gasteiger partial charge in [-0.15, -0.1) is 11.3 Å². The maximum Gasteiger partial charge on any atom is 0.262 e. The van der Waals surface area contributed by atoms with E-state index in [0.717, 1.165) is 77.8 Å². The van der Waals surface area contributed by atoms with Crippen LogP contribution in [0.4, 0.5) is 17.3 Å². The van der Waals surface area contributed by atoms with Gasteiger partial charge in [0.2, 0.25) is 17.6 Å². The maximum atomic E-state index is 13.9. The molecule has 4 aromatic carbocycles. The first-order chi connectivity index (χ1) is 27.8. The van der Waals surface area contributed by atoms with Gasteiger partial charge in [-0.1, -0.05) is 60.7 Å². The SMILES string of the molecule is COc1cc(Nc2ncc(C(=O)Nc3c(C)cccc3C)c(Oc3cccc(-c4csc(-c5ccccc5)n4)c3)n2)cc(OCCCN2CCN(C)CC2)c1OC. The second kappa shape index (κ2) is 18.3. The Labute approximate surface area is 337 Å². The average molecular weight is 786 g/mol. The number of thiazole rings is 1. The van der Waals surface area contributed by atoms with Crippen LogP contribution in [-0.2, 0) is 0 Å². The predicted molar refractivity (Wildman–Crippen MR) is 226 cm³/mol. The van der Waals surface area contributed by atoms with Crippen LogP contribution in [0.3, 0.4) is 0 Å². The number of likely N-dealkylation sites (N-methyl/N-ethyl adjacent to an activating group) is 1. The first kappa shape index (κ1) is 39.2. The van der Waals surface area contributed by atoms with Crippen LogP contribution in [0.1, 0.15) is 27.9 Å². The first-order valence-electron chi connectivity index (χ1n) is 18.9. The predicted octanol–water partition coefficient (Wildman–Crippen LogP) is 8.71. The quantitative estimate of drug-likeness (QED) is 0.0973. The van der Waals surface area contributed by atoms with Crippen LogP contribution in [0, 0.1) is 13.8 Å². The van der Waals surface area contributed by atoms with Crippen molar-refractivity contribution in [1.29, 1.82) is 0 Å². The summed E-state index contributed by atoms with van der Waals surface area (Å²) in [5, 5.41) is 9.25. The molecule has 7 rings (SSSR count). The van der Waals surface area contributed by atoms with Crippen LogP contribution in [-0.4, -0.2) is 91.3 Å². The molecule has 2 N–H and O–H groups in total. The highest BCUT2D eigenvalue weighted by Gasteiger charge is 2.21. The number of piperazine rings is 1. The van der Waals surface area contributed by atoms with E-state index < -0.39 is 5.91 Å². The molecular formula is C44H47N7O5S. The Morgan fingerprint density at radius 3 is 2.33 bits per heavy atom. The van der Waals surface area contributed by atoms with Gasteiger partial charge in [-0.2, -0.15) is 4.98 Å². The molecule has 6 aromatic rings. The fourth-order valence-corrected chi connectivity index (χ4v) is 7.42. The highest BCUT2D eigenvalue weighted by molar-refractivity contribution is 7.13. The number of aromatic nitrogens is 3. The van der Waals surface area contributed by atoms with E-state index in [2.05, 4.69) is 32.5 Å². The van der Waals surface area contributed by atoms with Crippen molar-refractivity contribution < 1.29 is 23.7 Å². The first-order valence-corrected chi connectivity index (χ1v) is 19.8. The van der Waals surface area contributed by atoms with Crippen molar-refractivity contribution >= 4 is 34.6 Å². The highest BCUT2D eigenvalue weighted by Crippen LogP contribution is 2.41. The molecule has 12 nitrogen and oxygen atoms in total. The molecule has 0 saturated carbocycles. The Bertz CT molecular complexity index is 2290. The Hall–Kier alpha value is -6.02. The summed E-state index contributed by atoms with van der Waals surface area (Å²) in [5.41, 5.74) is 6.07. The molecule has 1 amide bonds. The normalized spacial score (nSPS) is 13.2. The van der Waals surface area contributed by atoms with Crippen LogP contribution in [0.15, 0.2) is 96.5 Å². The van der Waals surface area contributed by atoms with Gasteiger partial charge < -0.3 is 39.4 Å². The molecule has 1 saturated heterocycles. The number of anilines is 3. The fourth-order valence-electron chi connectivity index (χ4n) is 6.58. The lowest BCUT2D eigenvalue weighted by Gasteiger charge is -2.32. The fraction of sp³-hybridized carbons (Fsp3) is 0.273. The number of carbonyl (C=O) groups excluding carboxylic acids is 1. The zero-order valence-electron chi connectivity index (χ0n) is 32.9. The van der Waals surface area contributed by atoms with E-state index in [-0.39, 0.29) is 17.4 Å². The number of nitrogens with one attached hydrogen (secondary N) is 2. The molecule has 13 heteroatoms. The molecule has 0 spiro atoms. The lowest BCUT2D eigenvalue weighted by atomic mass is 10.1. The summed E-state index contributed by atoms with van der Waals surface area (Å²) in [6.07, 6.45) is 2.32. The van der Waals surface area contributed by atoms with Crippen molar-refractivity contribution in [3.63, 3.8) is 0 Å². The lowest BCUT2D eigenvalue weighted by molar-refractivity contribution is 0.102. The number of hydrogen-bond acceptors (Lipinski definition) is 12. The Morgan fingerprint density at radius 2 is 1.58 bits per heavy atom. The largest absolute Gasteiger partial charge is 0.493 e. The van der Waals surface area contributed by atoms with E-state index in [1.54, 1.807) is 31.6 Å². The van der Waals surface area contributed by atoms with Crippen LogP contribution < -0.4 is 29.6 Å². The van der Waals surface area contributed by atoms with Gasteiger partial charge in [0.25, 0.3) is 5.91 Å². The van der Waals surface area contributed by atoms with E-state index in [9.17, 15) is 4.79 Å². The minimum Gasteiger partial charge on any atom is -0.493 e. The molecule has 0 unspecified atom stereocenters. The van der Waals surface area contributed by atoms with Gasteiger partial charge in [0.1, 0.15) is 16.3 Å². The van der Waals surface area contributed by atoms with Gasteiger partial charge in [0.05, 0.1) is 26.5 Å². The number of ether oxygens (including phenoxy) is 4. The van der Waals surface area contributed by atoms with Gasteiger partial charge in [0.15, 0.2) is 11.5 Å². The monoisotopic (exact) mass is 785 g/mol. The lowest BCUT2D eigenvalue weighted by Crippen LogP contribution is -2.44. The number of hydrogen-bond donors (Lipinski definition) is 2. The van der Waals surface area contributed by atoms with Crippen molar-refractivity contribution in [2.45, 2.75) is 20.3 Å². The molecule has 0 bridgehead atoms. The standard InChI is InChI=1S/C44H47N7O5S/c1-29-12-9-13-30(2)39(29)48-41(52)35-27-45-44(46-33-25-37(53-4)40(54-5)38(26-33)55-23-11-18-51-21-19-50(3)20-22-51)49-42(35)56-34-17-10-16-32(24-34)36-28-57-43(47-36)31-14-7-6-8-15-31/h6-10,12-17,24-28H,11,18-23H2,1-5H3,(H,48,52)(H,45,46,49). The molecule has 0 atom stereocenters. The summed E-state index contributed by atoms with van der Waals surface area (Å²) in [6.45, 7) is 9.60. The summed E-state index contributed by atoms with van der Waals surface area (Å²) in [6, 6.07) is 27.1. The summed E-state index contributed by atoms with van der Waals surface area (Å²) in [7, 11) is 5.32. The topological polar surface area (TPSA) is 123 Å². The van der Waals surface area contributed by atoms with E-state index in [1.165, 1.54) is 6.20 Å². The molecule has 1 fully saturated rings. The summed E-state index contributed by atoms with van der Waals surface area (Å²) in [5.74, 6) is 1.82. The molecule has 2 aromatic heterocycles. The van der Waals surface area contributed by atoms with Crippen molar-refractivity contribution in [3.05, 3.63) is 113 Å². The average Bonchev–Trinajstić information content (AvgIpc) is 3.73. The summed E-state index contributed by atoms with van der Waals surface area (Å²) < 4.78 is 24.1. The van der Waals surface area contributed by atoms with Crippen LogP contribution in [0.5, 0.6) is 28.9 Å². The smallest absolute Gasteiger partial charge is 0.262 e. The number of rotatable bonds is 15. The maximum absolute atomic E-state index is 13.9. The van der Waals surface area contributed by atoms with Gasteiger partial charge in [-0.05, 0) is 50.6 Å². The second-order valence-corrected chi connectivity index (χ2v) is 14.7. The number of benzene rings is 4. The number of methoxy groups -OCH3 is 2. The van der Waals surface area contributed by atoms with Gasteiger partial charge in [-0.3, -0.25) is 4.79 Å². The Morgan fingerprint density at radius 1 is 0.842 bits per heavy atom. The molecule has 0 aliphatic carbocycles. The van der Waals surface area contributed by atoms with Crippen LogP contribution in [0.25, 0.3) is 21.8 Å². The molecule has 0 radical (unpaired) electrons. The van der Waals surface area contributed by atoms with Gasteiger partial charge in [0, 0.05) is 78.9 Å². The Kier molecular flexibility index (Phi) is 12.6. The molecule has 294 valence electrons. The van der Waals surface area contributed by atoms with E-state index >= 15 is 0 Å². The number of amides is 1. The van der Waals surface area contributed by atoms with Crippen LogP contribution >= 0.6 is 11.3 Å². The van der Waals surface area contributed by atoms with Crippen molar-refractivity contribution in [2.24, 2.45) is 0 Å². The van der Waals surface area contributed by atoms with Crippen molar-refractivity contribution in [1.82, 2.24) is 24.8 Å². The zero-order chi connectivity index (χ0) is 39.7. The summed E-state index contributed by atoms with van der Waals surface area (Å²) in [4.78, 5) is 32.9. The molecular weight excluding hydrogens is 739 g/mol. The number of nitrogens with zero attached hydrogens (tertiary/aromatic N) is 5. The third-order valence-electron chi connectivity index (χ3n) is 9.76. The van der Waals surface area contributed by atoms with Gasteiger partial charge in [-0.25, -0.2) is 9.97 Å². The minimum atomic E-state index is -0.407. The van der Waals surface area contributed by atoms with E-state index in [1.807, 2.05) is 98.1 Å². The number of para-hydroxylation sites is 1. The van der Waals surface area contributed by atoms with Crippen molar-refractivity contribution in [3.8, 4) is 50.7 Å². The Balaban J connectivity index is 1.15. The van der Waals surface area contributed by atoms with Crippen molar-refractivity contribution in [2.75, 3.05) is 71.2 Å². The van der Waals surface area contributed by atoms with E-state index in [4.69, 9.17) is 28.9 Å². The van der Waals surface area contributed by atoms with Gasteiger partial charge >= 0.3 is 0 Å². The molecule has 57 heavy (non-hydrogen) atoms. The summed E-state index contributed by atoms with van der Waals surface area (Å²) >= 11 is 1.57. The second-order valence-electron chi connectivity index (χ2n) is 13.8. The minimum absolute atomic E-state index is 0.0671. The van der Waals surface area contributed by atoms with Crippen LogP contribution in [0.2, 0.25) is 0 Å². The highest BCUT2D eigenvalue weighted by atomic mass is 32.1.